The van der Waals surface area contributed by atoms with Crippen molar-refractivity contribution < 1.29 is 34.4 Å². The van der Waals surface area contributed by atoms with Gasteiger partial charge in [-0.25, -0.2) is 4.39 Å². The van der Waals surface area contributed by atoms with E-state index in [9.17, 15) is 4.39 Å². The van der Waals surface area contributed by atoms with Crippen molar-refractivity contribution in [2.75, 3.05) is 0 Å². The Labute approximate surface area is 270 Å². The number of rotatable bonds is 3. The summed E-state index contributed by atoms with van der Waals surface area (Å²) < 4.78 is 51.5. The van der Waals surface area contributed by atoms with Gasteiger partial charge in [-0.15, -0.1) is 53.6 Å². The molecule has 3 nitrogen and oxygen atoms in total. The zero-order valence-electron chi connectivity index (χ0n) is 27.8. The first-order valence-electron chi connectivity index (χ1n) is 15.5. The van der Waals surface area contributed by atoms with E-state index in [-0.39, 0.29) is 61.3 Å². The van der Waals surface area contributed by atoms with E-state index in [1.54, 1.807) is 18.3 Å². The summed E-state index contributed by atoms with van der Waals surface area (Å²) in [5.74, 6) is -0.300. The fourth-order valence-corrected chi connectivity index (χ4v) is 4.75. The van der Waals surface area contributed by atoms with E-state index < -0.39 is 0 Å². The molecule has 0 unspecified atom stereocenters. The third kappa shape index (κ3) is 6.34. The maximum atomic E-state index is 14.7. The molecule has 0 amide bonds. The van der Waals surface area contributed by atoms with Crippen molar-refractivity contribution in [3.05, 3.63) is 145 Å². The molecule has 0 bridgehead atoms. The predicted molar refractivity (Wildman–Crippen MR) is 168 cm³/mol. The van der Waals surface area contributed by atoms with Crippen molar-refractivity contribution in [3.8, 4) is 33.6 Å². The van der Waals surface area contributed by atoms with Crippen LogP contribution in [0.3, 0.4) is 0 Å². The molecule has 0 spiro atoms. The molecule has 3 heterocycles. The molecule has 0 fully saturated rings. The van der Waals surface area contributed by atoms with E-state index in [4.69, 9.17) is 9.90 Å². The van der Waals surface area contributed by atoms with Gasteiger partial charge in [-0.3, -0.25) is 0 Å². The number of benzene rings is 4. The first-order valence-corrected chi connectivity index (χ1v) is 13.5. The van der Waals surface area contributed by atoms with Gasteiger partial charge < -0.3 is 14.4 Å². The first-order chi connectivity index (χ1) is 22.0. The Balaban J connectivity index is 0.000000188. The molecule has 4 aromatic carbocycles. The van der Waals surface area contributed by atoms with Crippen molar-refractivity contribution >= 4 is 21.9 Å². The Bertz CT molecular complexity index is 2180. The number of nitrogens with zero attached hydrogens (tertiary/aromatic N) is 2. The molecule has 0 aliphatic carbocycles. The minimum Gasteiger partial charge on any atom is -0.500 e. The summed E-state index contributed by atoms with van der Waals surface area (Å²) in [5, 5.41) is 1.81. The zero-order chi connectivity index (χ0) is 32.6. The second-order valence-corrected chi connectivity index (χ2v) is 10.8. The smallest absolute Gasteiger partial charge is 0.134 e. The van der Waals surface area contributed by atoms with Crippen LogP contribution in [0.15, 0.2) is 126 Å². The standard InChI is InChI=1S/C23H13FNO.C15H16N.Ir/c24-19-13-12-17-16-9-6-10-18(20-11-4-5-14-25-20)22(16)26-23(17)21(19)15-7-2-1-3-8-15;1-15(2,3)13-9-7-12(8-10-13)14-6-4-5-11-16-14;/h1-9,11-14H;4-7,9-11H,1-3H3;/q2*-1;/i;4D,5D,6D,11D;. The maximum Gasteiger partial charge on any atom is 0.134 e. The Hall–Kier alpha value is -4.44. The SMILES string of the molecule is Fc1ccc2c(oc3c(-c4ccccn4)[c-]ccc32)c1-c1ccccc1.[2H]c1nc(-c2[c-]cc(C(C)(C)C)cc2)c([2H])c([2H])c1[2H].[Ir]. The van der Waals surface area contributed by atoms with Gasteiger partial charge >= 0.3 is 0 Å². The van der Waals surface area contributed by atoms with Crippen molar-refractivity contribution in [2.45, 2.75) is 26.2 Å². The van der Waals surface area contributed by atoms with Crippen LogP contribution in [-0.4, -0.2) is 9.97 Å². The van der Waals surface area contributed by atoms with E-state index in [0.29, 0.717) is 22.3 Å². The van der Waals surface area contributed by atoms with Gasteiger partial charge in [0.05, 0.1) is 16.6 Å². The normalized spacial score (nSPS) is 12.4. The summed E-state index contributed by atoms with van der Waals surface area (Å²) in [6, 6.07) is 33.4. The van der Waals surface area contributed by atoms with Gasteiger partial charge in [-0.1, -0.05) is 86.3 Å². The molecule has 7 rings (SSSR count). The topological polar surface area (TPSA) is 38.9 Å². The minimum absolute atomic E-state index is 0. The number of hydrogen-bond acceptors (Lipinski definition) is 3. The Morgan fingerprint density at radius 1 is 0.791 bits per heavy atom. The fourth-order valence-electron chi connectivity index (χ4n) is 4.75. The van der Waals surface area contributed by atoms with Gasteiger partial charge in [0.25, 0.3) is 0 Å². The van der Waals surface area contributed by atoms with Gasteiger partial charge in [-0.05, 0) is 46.6 Å². The molecule has 5 heteroatoms. The quantitative estimate of drug-likeness (QED) is 0.169. The third-order valence-electron chi connectivity index (χ3n) is 6.93. The van der Waals surface area contributed by atoms with Crippen LogP contribution >= 0.6 is 0 Å². The van der Waals surface area contributed by atoms with Crippen molar-refractivity contribution in [2.24, 2.45) is 0 Å². The Morgan fingerprint density at radius 3 is 2.30 bits per heavy atom. The average molecular weight is 745 g/mol. The zero-order valence-corrected chi connectivity index (χ0v) is 26.1. The summed E-state index contributed by atoms with van der Waals surface area (Å²) in [4.78, 5) is 8.34. The number of fused-ring (bicyclic) bond motifs is 3. The Morgan fingerprint density at radius 2 is 1.58 bits per heavy atom. The van der Waals surface area contributed by atoms with Crippen LogP contribution in [0.4, 0.5) is 4.39 Å². The second kappa shape index (κ2) is 12.8. The first kappa shape index (κ1) is 25.1. The van der Waals surface area contributed by atoms with E-state index in [1.165, 1.54) is 6.07 Å². The van der Waals surface area contributed by atoms with Crippen LogP contribution in [0.5, 0.6) is 0 Å². The molecule has 7 aromatic rings. The van der Waals surface area contributed by atoms with Gasteiger partial charge in [0.1, 0.15) is 11.4 Å². The molecule has 1 radical (unpaired) electrons. The van der Waals surface area contributed by atoms with Crippen molar-refractivity contribution in [1.82, 2.24) is 9.97 Å². The van der Waals surface area contributed by atoms with E-state index in [2.05, 4.69) is 42.9 Å². The largest absolute Gasteiger partial charge is 0.500 e. The fraction of sp³-hybridized carbons (Fsp3) is 0.105. The summed E-state index contributed by atoms with van der Waals surface area (Å²) in [7, 11) is 0. The van der Waals surface area contributed by atoms with Crippen LogP contribution in [0.2, 0.25) is 0 Å². The molecule has 0 aliphatic heterocycles. The monoisotopic (exact) mass is 745 g/mol. The third-order valence-corrected chi connectivity index (χ3v) is 6.93. The molecule has 43 heavy (non-hydrogen) atoms. The molecular weight excluding hydrogens is 712 g/mol. The van der Waals surface area contributed by atoms with Crippen LogP contribution in [-0.2, 0) is 25.5 Å². The molecule has 0 saturated heterocycles. The van der Waals surface area contributed by atoms with E-state index in [1.807, 2.05) is 72.8 Å². The summed E-state index contributed by atoms with van der Waals surface area (Å²) in [6.07, 6.45) is 1.45. The summed E-state index contributed by atoms with van der Waals surface area (Å²) >= 11 is 0. The van der Waals surface area contributed by atoms with Gasteiger partial charge in [0.2, 0.25) is 0 Å². The van der Waals surface area contributed by atoms with Crippen LogP contribution in [0.25, 0.3) is 55.6 Å². The second-order valence-electron chi connectivity index (χ2n) is 10.8. The molecule has 0 N–H and O–H groups in total. The number of furan rings is 1. The van der Waals surface area contributed by atoms with E-state index in [0.717, 1.165) is 33.2 Å². The predicted octanol–water partition coefficient (Wildman–Crippen LogP) is 10.1. The van der Waals surface area contributed by atoms with Crippen LogP contribution in [0.1, 0.15) is 31.8 Å². The average Bonchev–Trinajstić information content (AvgIpc) is 3.45. The summed E-state index contributed by atoms with van der Waals surface area (Å²) in [6.45, 7) is 6.30. The van der Waals surface area contributed by atoms with Crippen LogP contribution < -0.4 is 0 Å². The molecular formula is C38H29FIrN2O-2. The summed E-state index contributed by atoms with van der Waals surface area (Å²) in [5.41, 5.74) is 5.97. The van der Waals surface area contributed by atoms with Crippen molar-refractivity contribution in [3.63, 3.8) is 0 Å². The number of aromatic nitrogens is 2. The maximum absolute atomic E-state index is 14.7. The minimum atomic E-state index is -0.315. The van der Waals surface area contributed by atoms with Gasteiger partial charge in [-0.2, -0.15) is 0 Å². The van der Waals surface area contributed by atoms with Crippen LogP contribution in [0, 0.1) is 17.9 Å². The molecule has 0 saturated carbocycles. The molecule has 215 valence electrons. The Kier molecular flexibility index (Phi) is 7.49. The number of halogens is 1. The number of pyridine rings is 2. The van der Waals surface area contributed by atoms with Gasteiger partial charge in [0.15, 0.2) is 0 Å². The molecule has 0 atom stereocenters. The van der Waals surface area contributed by atoms with E-state index >= 15 is 0 Å². The van der Waals surface area contributed by atoms with Gasteiger partial charge in [0, 0.05) is 37.9 Å². The molecule has 3 aromatic heterocycles. The van der Waals surface area contributed by atoms with Crippen molar-refractivity contribution in [1.29, 1.82) is 0 Å². The molecule has 0 aliphatic rings. The number of hydrogen-bond donors (Lipinski definition) is 0.